The molecule has 7 heteroatoms. The lowest BCUT2D eigenvalue weighted by Crippen LogP contribution is -2.45. The summed E-state index contributed by atoms with van der Waals surface area (Å²) in [6.07, 6.45) is 6.90. The monoisotopic (exact) mass is 455 g/mol. The summed E-state index contributed by atoms with van der Waals surface area (Å²) in [7, 11) is 1.60. The van der Waals surface area contributed by atoms with Gasteiger partial charge in [-0.25, -0.2) is 0 Å². The van der Waals surface area contributed by atoms with E-state index in [9.17, 15) is 19.5 Å². The highest BCUT2D eigenvalue weighted by molar-refractivity contribution is 6.02. The van der Waals surface area contributed by atoms with Crippen molar-refractivity contribution >= 4 is 23.4 Å². The predicted octanol–water partition coefficient (Wildman–Crippen LogP) is 2.81. The summed E-state index contributed by atoms with van der Waals surface area (Å²) in [6.45, 7) is 6.38. The number of aliphatic hydroxyl groups excluding tert-OH is 1. The molecular weight excluding hydrogens is 418 g/mol. The van der Waals surface area contributed by atoms with E-state index in [1.165, 1.54) is 0 Å². The first-order valence-corrected chi connectivity index (χ1v) is 12.0. The highest BCUT2D eigenvalue weighted by Gasteiger charge is 2.56. The summed E-state index contributed by atoms with van der Waals surface area (Å²) < 4.78 is 0. The molecule has 0 aromatic heterocycles. The van der Waals surface area contributed by atoms with Crippen LogP contribution in [0.5, 0.6) is 0 Å². The van der Waals surface area contributed by atoms with Gasteiger partial charge in [-0.15, -0.1) is 0 Å². The average Bonchev–Trinajstić information content (AvgIpc) is 3.08. The number of aryl methyl sites for hydroxylation is 2. The van der Waals surface area contributed by atoms with Gasteiger partial charge >= 0.3 is 0 Å². The molecule has 0 unspecified atom stereocenters. The number of likely N-dealkylation sites (tertiary alicyclic amines) is 1. The molecule has 5 atom stereocenters. The number of anilines is 1. The zero-order chi connectivity index (χ0) is 24.1. The van der Waals surface area contributed by atoms with Crippen molar-refractivity contribution in [2.24, 2.45) is 23.7 Å². The van der Waals surface area contributed by atoms with Crippen molar-refractivity contribution in [1.29, 1.82) is 0 Å². The number of benzene rings is 1. The zero-order valence-electron chi connectivity index (χ0n) is 20.1. The number of carbonyl (C=O) groups is 3. The summed E-state index contributed by atoms with van der Waals surface area (Å²) in [6, 6.07) is 5.15. The number of carbonyl (C=O) groups excluding carboxylic acids is 3. The van der Waals surface area contributed by atoms with Crippen molar-refractivity contribution in [2.75, 3.05) is 25.5 Å². The molecule has 1 heterocycles. The lowest BCUT2D eigenvalue weighted by atomic mass is 9.68. The predicted molar refractivity (Wildman–Crippen MR) is 128 cm³/mol. The van der Waals surface area contributed by atoms with Gasteiger partial charge in [-0.3, -0.25) is 14.4 Å². The molecule has 0 radical (unpaired) electrons. The molecule has 0 bridgehead atoms. The van der Waals surface area contributed by atoms with E-state index in [1.54, 1.807) is 11.9 Å². The number of para-hydroxylation sites is 1. The first kappa shape index (κ1) is 25.0. The Morgan fingerprint density at radius 1 is 1.09 bits per heavy atom. The highest BCUT2D eigenvalue weighted by Crippen LogP contribution is 2.45. The number of amides is 3. The van der Waals surface area contributed by atoms with Gasteiger partial charge < -0.3 is 20.6 Å². The van der Waals surface area contributed by atoms with Gasteiger partial charge in [-0.05, 0) is 50.2 Å². The molecular formula is C26H37N3O4. The second-order valence-electron chi connectivity index (χ2n) is 9.24. The van der Waals surface area contributed by atoms with Gasteiger partial charge in [0.25, 0.3) is 0 Å². The number of nitrogens with zero attached hydrogens (tertiary/aromatic N) is 1. The molecule has 1 aliphatic carbocycles. The average molecular weight is 456 g/mol. The maximum absolute atomic E-state index is 13.7. The molecule has 1 aliphatic heterocycles. The molecule has 0 spiro atoms. The summed E-state index contributed by atoms with van der Waals surface area (Å²) >= 11 is 0. The Kier molecular flexibility index (Phi) is 8.30. The van der Waals surface area contributed by atoms with Crippen LogP contribution in [0, 0.1) is 37.5 Å². The number of rotatable bonds is 9. The zero-order valence-corrected chi connectivity index (χ0v) is 20.1. The molecule has 1 aromatic rings. The van der Waals surface area contributed by atoms with Crippen LogP contribution in [0.15, 0.2) is 30.4 Å². The van der Waals surface area contributed by atoms with Gasteiger partial charge in [-0.1, -0.05) is 43.7 Å². The third kappa shape index (κ3) is 4.98. The van der Waals surface area contributed by atoms with Gasteiger partial charge in [0.05, 0.1) is 11.8 Å². The van der Waals surface area contributed by atoms with Crippen molar-refractivity contribution in [2.45, 2.75) is 52.5 Å². The Labute approximate surface area is 196 Å². The maximum Gasteiger partial charge on any atom is 0.247 e. The van der Waals surface area contributed by atoms with Crippen LogP contribution in [0.1, 0.15) is 43.7 Å². The molecule has 1 saturated heterocycles. The van der Waals surface area contributed by atoms with Gasteiger partial charge in [0.15, 0.2) is 0 Å². The minimum absolute atomic E-state index is 0.0279. The Bertz CT molecular complexity index is 893. The summed E-state index contributed by atoms with van der Waals surface area (Å²) in [5.74, 6) is -1.96. The largest absolute Gasteiger partial charge is 0.396 e. The van der Waals surface area contributed by atoms with Crippen LogP contribution in [-0.2, 0) is 14.4 Å². The minimum atomic E-state index is -0.689. The summed E-state index contributed by atoms with van der Waals surface area (Å²) in [4.78, 5) is 41.9. The normalized spacial score (nSPS) is 26.3. The molecule has 0 saturated carbocycles. The Morgan fingerprint density at radius 2 is 1.79 bits per heavy atom. The Morgan fingerprint density at radius 3 is 2.39 bits per heavy atom. The fourth-order valence-electron chi connectivity index (χ4n) is 5.47. The molecule has 33 heavy (non-hydrogen) atoms. The Balaban J connectivity index is 1.98. The van der Waals surface area contributed by atoms with Crippen LogP contribution in [0.4, 0.5) is 5.69 Å². The molecule has 7 nitrogen and oxygen atoms in total. The van der Waals surface area contributed by atoms with Crippen molar-refractivity contribution < 1.29 is 19.5 Å². The first-order chi connectivity index (χ1) is 15.8. The summed E-state index contributed by atoms with van der Waals surface area (Å²) in [5, 5.41) is 15.1. The fourth-order valence-corrected chi connectivity index (χ4v) is 5.47. The summed E-state index contributed by atoms with van der Waals surface area (Å²) in [5.41, 5.74) is 2.68. The quantitative estimate of drug-likeness (QED) is 0.394. The van der Waals surface area contributed by atoms with Gasteiger partial charge in [0.1, 0.15) is 6.04 Å². The topological polar surface area (TPSA) is 98.7 Å². The number of aliphatic hydroxyl groups is 1. The first-order valence-electron chi connectivity index (χ1n) is 12.0. The Hall–Kier alpha value is -2.67. The van der Waals surface area contributed by atoms with Gasteiger partial charge in [0.2, 0.25) is 17.7 Å². The van der Waals surface area contributed by atoms with Crippen molar-refractivity contribution in [3.63, 3.8) is 0 Å². The number of fused-ring (bicyclic) bond motifs is 1. The molecule has 180 valence electrons. The van der Waals surface area contributed by atoms with E-state index in [0.717, 1.165) is 29.7 Å². The number of nitrogens with one attached hydrogen (secondary N) is 2. The lowest BCUT2D eigenvalue weighted by molar-refractivity contribution is -0.140. The minimum Gasteiger partial charge on any atom is -0.396 e. The second kappa shape index (κ2) is 11.0. The highest BCUT2D eigenvalue weighted by atomic mass is 16.3. The molecule has 3 amide bonds. The number of hydrogen-bond donors (Lipinski definition) is 3. The maximum atomic E-state index is 13.7. The second-order valence-corrected chi connectivity index (χ2v) is 9.24. The van der Waals surface area contributed by atoms with Crippen molar-refractivity contribution in [1.82, 2.24) is 10.2 Å². The third-order valence-electron chi connectivity index (χ3n) is 7.09. The van der Waals surface area contributed by atoms with Crippen molar-refractivity contribution in [3.05, 3.63) is 41.5 Å². The van der Waals surface area contributed by atoms with Crippen LogP contribution >= 0.6 is 0 Å². The van der Waals surface area contributed by atoms with E-state index in [4.69, 9.17) is 0 Å². The lowest BCUT2D eigenvalue weighted by Gasteiger charge is -2.34. The van der Waals surface area contributed by atoms with Crippen LogP contribution in [0.3, 0.4) is 0 Å². The van der Waals surface area contributed by atoms with Crippen LogP contribution in [0.2, 0.25) is 0 Å². The van der Waals surface area contributed by atoms with E-state index in [1.807, 2.05) is 44.2 Å². The van der Waals surface area contributed by atoms with E-state index in [-0.39, 0.29) is 36.2 Å². The molecule has 3 rings (SSSR count). The number of hydrogen-bond acceptors (Lipinski definition) is 4. The van der Waals surface area contributed by atoms with Gasteiger partial charge in [0, 0.05) is 31.8 Å². The van der Waals surface area contributed by atoms with E-state index < -0.39 is 17.9 Å². The molecule has 2 aliphatic rings. The number of allylic oxidation sites excluding steroid dienone is 1. The smallest absolute Gasteiger partial charge is 0.247 e. The third-order valence-corrected chi connectivity index (χ3v) is 7.09. The van der Waals surface area contributed by atoms with E-state index in [0.29, 0.717) is 19.4 Å². The van der Waals surface area contributed by atoms with E-state index >= 15 is 0 Å². The molecule has 1 aromatic carbocycles. The van der Waals surface area contributed by atoms with Crippen LogP contribution in [0.25, 0.3) is 0 Å². The number of unbranched alkanes of at least 4 members (excludes halogenated alkanes) is 1. The fraction of sp³-hybridized carbons (Fsp3) is 0.577. The molecule has 1 fully saturated rings. The SMILES string of the molecule is CCC[C@@H]1C=C[C@H]2[C@@H](C(=O)N(CCCCO)[C@@H]2C(=O)Nc2c(C)cccc2C)[C@@H]1C(=O)NC. The standard InChI is InChI=1S/C26H37N3O4/c1-5-9-18-12-13-19-21(20(18)24(31)27-4)26(33)29(14-6-7-15-30)23(19)25(32)28-22-16(2)10-8-11-17(22)3/h8,10-13,18-21,23,30H,5-7,9,14-15H2,1-4H3,(H,27,31)(H,28,32)/t18-,19+,20-,21-,23+/m1/s1. The van der Waals surface area contributed by atoms with Crippen LogP contribution < -0.4 is 10.6 Å². The van der Waals surface area contributed by atoms with Crippen LogP contribution in [-0.4, -0.2) is 54.0 Å². The molecule has 3 N–H and O–H groups in total. The van der Waals surface area contributed by atoms with Gasteiger partial charge in [-0.2, -0.15) is 0 Å². The van der Waals surface area contributed by atoms with E-state index in [2.05, 4.69) is 17.6 Å². The van der Waals surface area contributed by atoms with Crippen molar-refractivity contribution in [3.8, 4) is 0 Å².